The Labute approximate surface area is 75.6 Å². The van der Waals surface area contributed by atoms with Gasteiger partial charge in [0.25, 0.3) is 0 Å². The maximum absolute atomic E-state index is 3.76. The molecule has 1 aliphatic rings. The van der Waals surface area contributed by atoms with E-state index < -0.39 is 0 Å². The van der Waals surface area contributed by atoms with Gasteiger partial charge in [0, 0.05) is 19.1 Å². The van der Waals surface area contributed by atoms with E-state index in [1.165, 1.54) is 25.9 Å². The van der Waals surface area contributed by atoms with Crippen LogP contribution in [0.3, 0.4) is 0 Å². The summed E-state index contributed by atoms with van der Waals surface area (Å²) < 4.78 is 0. The summed E-state index contributed by atoms with van der Waals surface area (Å²) in [4.78, 5) is 2.46. The Morgan fingerprint density at radius 2 is 2.50 bits per heavy atom. The van der Waals surface area contributed by atoms with Gasteiger partial charge < -0.3 is 5.32 Å². The largest absolute Gasteiger partial charge is 0.313 e. The first-order chi connectivity index (χ1) is 5.86. The number of piperidine rings is 1. The first-order valence-electron chi connectivity index (χ1n) is 4.93. The van der Waals surface area contributed by atoms with Gasteiger partial charge in [0.15, 0.2) is 0 Å². The molecule has 0 radical (unpaired) electrons. The Balaban J connectivity index is 2.24. The molecule has 12 heavy (non-hydrogen) atoms. The van der Waals surface area contributed by atoms with Crippen LogP contribution in [-0.4, -0.2) is 37.1 Å². The van der Waals surface area contributed by atoms with E-state index in [0.717, 1.165) is 13.1 Å². The normalized spacial score (nSPS) is 25.6. The van der Waals surface area contributed by atoms with Crippen LogP contribution in [0.1, 0.15) is 19.8 Å². The lowest BCUT2D eigenvalue weighted by Crippen LogP contribution is -2.45. The van der Waals surface area contributed by atoms with Gasteiger partial charge >= 0.3 is 0 Å². The zero-order chi connectivity index (χ0) is 8.81. The maximum Gasteiger partial charge on any atom is 0.0195 e. The summed E-state index contributed by atoms with van der Waals surface area (Å²) in [6, 6.07) is 0.712. The predicted octanol–water partition coefficient (Wildman–Crippen LogP) is 1.25. The molecule has 0 saturated carbocycles. The highest BCUT2D eigenvalue weighted by atomic mass is 15.2. The summed E-state index contributed by atoms with van der Waals surface area (Å²) in [5.74, 6) is 0. The summed E-state index contributed by atoms with van der Waals surface area (Å²) in [6.07, 6.45) is 4.65. The number of likely N-dealkylation sites (tertiary alicyclic amines) is 1. The molecule has 0 aromatic carbocycles. The number of rotatable bonds is 4. The topological polar surface area (TPSA) is 15.3 Å². The molecule has 0 bridgehead atoms. The second-order valence-electron chi connectivity index (χ2n) is 3.45. The quantitative estimate of drug-likeness (QED) is 0.635. The molecule has 1 aliphatic heterocycles. The lowest BCUT2D eigenvalue weighted by molar-refractivity contribution is 0.209. The summed E-state index contributed by atoms with van der Waals surface area (Å²) >= 11 is 0. The standard InChI is InChI=1S/C10H20N2/c1-3-7-12-8-5-6-10(9-12)11-4-2/h3,10-11H,1,4-9H2,2H3. The first-order valence-corrected chi connectivity index (χ1v) is 4.93. The van der Waals surface area contributed by atoms with Crippen molar-refractivity contribution in [3.05, 3.63) is 12.7 Å². The number of hydrogen-bond donors (Lipinski definition) is 1. The van der Waals surface area contributed by atoms with Crippen LogP contribution in [0.15, 0.2) is 12.7 Å². The smallest absolute Gasteiger partial charge is 0.0195 e. The van der Waals surface area contributed by atoms with Gasteiger partial charge in [0.2, 0.25) is 0 Å². The summed E-state index contributed by atoms with van der Waals surface area (Å²) in [5.41, 5.74) is 0. The molecule has 70 valence electrons. The van der Waals surface area contributed by atoms with Crippen molar-refractivity contribution in [2.75, 3.05) is 26.2 Å². The molecule has 0 aromatic rings. The minimum Gasteiger partial charge on any atom is -0.313 e. The number of hydrogen-bond acceptors (Lipinski definition) is 2. The van der Waals surface area contributed by atoms with Gasteiger partial charge in [-0.05, 0) is 25.9 Å². The van der Waals surface area contributed by atoms with Crippen molar-refractivity contribution in [2.24, 2.45) is 0 Å². The van der Waals surface area contributed by atoms with E-state index >= 15 is 0 Å². The van der Waals surface area contributed by atoms with E-state index in [2.05, 4.69) is 23.7 Å². The van der Waals surface area contributed by atoms with Gasteiger partial charge in [0.1, 0.15) is 0 Å². The molecule has 0 aromatic heterocycles. The van der Waals surface area contributed by atoms with Crippen LogP contribution < -0.4 is 5.32 Å². The minimum atomic E-state index is 0.712. The Hall–Kier alpha value is -0.340. The molecule has 1 heterocycles. The van der Waals surface area contributed by atoms with Crippen molar-refractivity contribution in [3.8, 4) is 0 Å². The maximum atomic E-state index is 3.76. The van der Waals surface area contributed by atoms with E-state index in [1.54, 1.807) is 0 Å². The highest BCUT2D eigenvalue weighted by Crippen LogP contribution is 2.09. The van der Waals surface area contributed by atoms with Crippen molar-refractivity contribution >= 4 is 0 Å². The lowest BCUT2D eigenvalue weighted by Gasteiger charge is -2.32. The average Bonchev–Trinajstić information content (AvgIpc) is 2.06. The van der Waals surface area contributed by atoms with Crippen molar-refractivity contribution in [3.63, 3.8) is 0 Å². The molecular weight excluding hydrogens is 148 g/mol. The number of nitrogens with zero attached hydrogens (tertiary/aromatic N) is 1. The molecule has 1 rings (SSSR count). The van der Waals surface area contributed by atoms with Crippen LogP contribution in [-0.2, 0) is 0 Å². The Morgan fingerprint density at radius 1 is 1.67 bits per heavy atom. The van der Waals surface area contributed by atoms with Crippen molar-refractivity contribution in [2.45, 2.75) is 25.8 Å². The van der Waals surface area contributed by atoms with Crippen molar-refractivity contribution < 1.29 is 0 Å². The molecule has 0 aliphatic carbocycles. The fourth-order valence-corrected chi connectivity index (χ4v) is 1.86. The minimum absolute atomic E-state index is 0.712. The fourth-order valence-electron chi connectivity index (χ4n) is 1.86. The third-order valence-corrected chi connectivity index (χ3v) is 2.39. The second kappa shape index (κ2) is 5.33. The monoisotopic (exact) mass is 168 g/mol. The van der Waals surface area contributed by atoms with E-state index in [9.17, 15) is 0 Å². The molecule has 1 unspecified atom stereocenters. The number of nitrogens with one attached hydrogen (secondary N) is 1. The van der Waals surface area contributed by atoms with Crippen LogP contribution >= 0.6 is 0 Å². The molecule has 1 N–H and O–H groups in total. The zero-order valence-electron chi connectivity index (χ0n) is 8.05. The zero-order valence-corrected chi connectivity index (χ0v) is 8.05. The van der Waals surface area contributed by atoms with Crippen LogP contribution in [0.4, 0.5) is 0 Å². The van der Waals surface area contributed by atoms with Crippen LogP contribution in [0.2, 0.25) is 0 Å². The molecule has 2 nitrogen and oxygen atoms in total. The lowest BCUT2D eigenvalue weighted by atomic mass is 10.1. The van der Waals surface area contributed by atoms with Gasteiger partial charge in [-0.25, -0.2) is 0 Å². The van der Waals surface area contributed by atoms with Crippen LogP contribution in [0.25, 0.3) is 0 Å². The Morgan fingerprint density at radius 3 is 3.17 bits per heavy atom. The Kier molecular flexibility index (Phi) is 4.33. The highest BCUT2D eigenvalue weighted by molar-refractivity contribution is 4.82. The summed E-state index contributed by atoms with van der Waals surface area (Å²) in [5, 5.41) is 3.50. The molecule has 0 spiro atoms. The SMILES string of the molecule is C=CCN1CCCC(NCC)C1. The third-order valence-electron chi connectivity index (χ3n) is 2.39. The molecule has 1 saturated heterocycles. The molecule has 0 amide bonds. The van der Waals surface area contributed by atoms with Gasteiger partial charge in [-0.2, -0.15) is 0 Å². The molecule has 1 fully saturated rings. The molecule has 2 heteroatoms. The second-order valence-corrected chi connectivity index (χ2v) is 3.45. The first kappa shape index (κ1) is 9.75. The summed E-state index contributed by atoms with van der Waals surface area (Å²) in [6.45, 7) is 10.5. The van der Waals surface area contributed by atoms with Gasteiger partial charge in [-0.15, -0.1) is 6.58 Å². The molecular formula is C10H20N2. The van der Waals surface area contributed by atoms with Crippen molar-refractivity contribution in [1.29, 1.82) is 0 Å². The van der Waals surface area contributed by atoms with E-state index in [4.69, 9.17) is 0 Å². The highest BCUT2D eigenvalue weighted by Gasteiger charge is 2.17. The molecule has 1 atom stereocenters. The third kappa shape index (κ3) is 2.95. The van der Waals surface area contributed by atoms with Crippen LogP contribution in [0.5, 0.6) is 0 Å². The van der Waals surface area contributed by atoms with Crippen LogP contribution in [0, 0.1) is 0 Å². The van der Waals surface area contributed by atoms with E-state index in [0.29, 0.717) is 6.04 Å². The number of likely N-dealkylation sites (N-methyl/N-ethyl adjacent to an activating group) is 1. The average molecular weight is 168 g/mol. The van der Waals surface area contributed by atoms with Gasteiger partial charge in [-0.3, -0.25) is 4.90 Å². The van der Waals surface area contributed by atoms with Gasteiger partial charge in [0.05, 0.1) is 0 Å². The van der Waals surface area contributed by atoms with Crippen molar-refractivity contribution in [1.82, 2.24) is 10.2 Å². The fraction of sp³-hybridized carbons (Fsp3) is 0.800. The van der Waals surface area contributed by atoms with Gasteiger partial charge in [-0.1, -0.05) is 13.0 Å². The summed E-state index contributed by atoms with van der Waals surface area (Å²) in [7, 11) is 0. The Bertz CT molecular complexity index is 132. The van der Waals surface area contributed by atoms with E-state index in [-0.39, 0.29) is 0 Å². The van der Waals surface area contributed by atoms with E-state index in [1.807, 2.05) is 6.08 Å². The predicted molar refractivity (Wildman–Crippen MR) is 53.3 cm³/mol.